The molecular weight excluding hydrogens is 304 g/mol. The van der Waals surface area contributed by atoms with Crippen LogP contribution in [0.3, 0.4) is 0 Å². The zero-order valence-corrected chi connectivity index (χ0v) is 13.8. The summed E-state index contributed by atoms with van der Waals surface area (Å²) in [5.74, 6) is -0.00800. The van der Waals surface area contributed by atoms with Gasteiger partial charge in [0.05, 0.1) is 11.8 Å². The van der Waals surface area contributed by atoms with Crippen molar-refractivity contribution in [2.75, 3.05) is 6.61 Å². The quantitative estimate of drug-likeness (QED) is 0.916. The first kappa shape index (κ1) is 15.3. The van der Waals surface area contributed by atoms with Gasteiger partial charge in [-0.15, -0.1) is 0 Å². The van der Waals surface area contributed by atoms with E-state index in [4.69, 9.17) is 4.74 Å². The zero-order valence-electron chi connectivity index (χ0n) is 13.8. The molecule has 6 heteroatoms. The third-order valence-corrected chi connectivity index (χ3v) is 5.56. The van der Waals surface area contributed by atoms with Gasteiger partial charge in [-0.25, -0.2) is 9.67 Å². The van der Waals surface area contributed by atoms with Gasteiger partial charge in [0.15, 0.2) is 0 Å². The van der Waals surface area contributed by atoms with E-state index in [0.717, 1.165) is 31.6 Å². The van der Waals surface area contributed by atoms with Crippen LogP contribution < -0.4 is 5.32 Å². The summed E-state index contributed by atoms with van der Waals surface area (Å²) in [4.78, 5) is 16.5. The topological polar surface area (TPSA) is 69.0 Å². The molecule has 2 fully saturated rings. The molecule has 0 saturated heterocycles. The van der Waals surface area contributed by atoms with Gasteiger partial charge in [-0.2, -0.15) is 5.10 Å². The molecule has 1 aromatic heterocycles. The molecule has 126 valence electrons. The highest BCUT2D eigenvalue weighted by atomic mass is 16.5. The molecular formula is C18H22N4O2. The Morgan fingerprint density at radius 3 is 2.75 bits per heavy atom. The van der Waals surface area contributed by atoms with Crippen LogP contribution >= 0.6 is 0 Å². The predicted octanol–water partition coefficient (Wildman–Crippen LogP) is 2.34. The molecule has 0 aliphatic heterocycles. The van der Waals surface area contributed by atoms with Crippen LogP contribution in [0.15, 0.2) is 36.9 Å². The molecule has 1 amide bonds. The minimum atomic E-state index is -0.00800. The molecule has 0 unspecified atom stereocenters. The smallest absolute Gasteiger partial charge is 0.251 e. The number of benzene rings is 1. The number of nitrogens with zero attached hydrogens (tertiary/aromatic N) is 3. The number of hydrogen-bond acceptors (Lipinski definition) is 4. The fraction of sp³-hybridized carbons (Fsp3) is 0.500. The van der Waals surface area contributed by atoms with Crippen molar-refractivity contribution in [2.24, 2.45) is 5.41 Å². The maximum absolute atomic E-state index is 12.6. The summed E-state index contributed by atoms with van der Waals surface area (Å²) in [5, 5.41) is 7.30. The molecule has 2 aliphatic rings. The Kier molecular flexibility index (Phi) is 3.84. The maximum Gasteiger partial charge on any atom is 0.251 e. The standard InChI is InChI=1S/C18H22N4O2/c1-2-24-16-10-15(18(16)8-3-9-18)21-17(23)13-4-6-14(7-5-13)22-12-19-11-20-22/h4-7,11-12,15-16H,2-3,8-10H2,1H3,(H,21,23)/t15-,16+/m0/s1. The molecule has 1 heterocycles. The number of rotatable bonds is 5. The summed E-state index contributed by atoms with van der Waals surface area (Å²) in [6.07, 6.45) is 7.93. The van der Waals surface area contributed by atoms with Crippen molar-refractivity contribution in [2.45, 2.75) is 44.8 Å². The van der Waals surface area contributed by atoms with Crippen LogP contribution in [0.5, 0.6) is 0 Å². The minimum Gasteiger partial charge on any atom is -0.378 e. The summed E-state index contributed by atoms with van der Waals surface area (Å²) in [6, 6.07) is 7.67. The lowest BCUT2D eigenvalue weighted by molar-refractivity contribution is -0.169. The van der Waals surface area contributed by atoms with E-state index in [1.807, 2.05) is 31.2 Å². The number of carbonyl (C=O) groups excluding carboxylic acids is 1. The Hall–Kier alpha value is -2.21. The largest absolute Gasteiger partial charge is 0.378 e. The summed E-state index contributed by atoms with van der Waals surface area (Å²) < 4.78 is 7.51. The van der Waals surface area contributed by atoms with Gasteiger partial charge in [-0.1, -0.05) is 6.42 Å². The number of amides is 1. The molecule has 4 rings (SSSR count). The van der Waals surface area contributed by atoms with Crippen LogP contribution in [-0.2, 0) is 4.74 Å². The van der Waals surface area contributed by atoms with Crippen molar-refractivity contribution in [1.82, 2.24) is 20.1 Å². The number of aromatic nitrogens is 3. The SMILES string of the molecule is CCO[C@@H]1C[C@H](NC(=O)c2ccc(-n3cncn3)cc2)C12CCC2. The highest BCUT2D eigenvalue weighted by Crippen LogP contribution is 2.57. The highest BCUT2D eigenvalue weighted by molar-refractivity contribution is 5.94. The van der Waals surface area contributed by atoms with Gasteiger partial charge >= 0.3 is 0 Å². The van der Waals surface area contributed by atoms with E-state index in [-0.39, 0.29) is 17.4 Å². The molecule has 2 atom stereocenters. The molecule has 1 spiro atoms. The van der Waals surface area contributed by atoms with Crippen LogP contribution in [0.2, 0.25) is 0 Å². The van der Waals surface area contributed by atoms with E-state index in [1.165, 1.54) is 12.7 Å². The second-order valence-corrected chi connectivity index (χ2v) is 6.68. The monoisotopic (exact) mass is 326 g/mol. The third-order valence-electron chi connectivity index (χ3n) is 5.56. The van der Waals surface area contributed by atoms with Crippen molar-refractivity contribution < 1.29 is 9.53 Å². The van der Waals surface area contributed by atoms with Crippen LogP contribution in [-0.4, -0.2) is 39.4 Å². The molecule has 0 bridgehead atoms. The zero-order chi connectivity index (χ0) is 16.6. The Morgan fingerprint density at radius 1 is 1.38 bits per heavy atom. The Bertz CT molecular complexity index is 707. The molecule has 1 N–H and O–H groups in total. The first-order valence-corrected chi connectivity index (χ1v) is 8.60. The van der Waals surface area contributed by atoms with Crippen LogP contribution in [0.1, 0.15) is 43.0 Å². The number of hydrogen-bond donors (Lipinski definition) is 1. The van der Waals surface area contributed by atoms with Crippen molar-refractivity contribution in [3.63, 3.8) is 0 Å². The lowest BCUT2D eigenvalue weighted by Crippen LogP contribution is -2.67. The molecule has 0 radical (unpaired) electrons. The number of carbonyl (C=O) groups is 1. The van der Waals surface area contributed by atoms with E-state index >= 15 is 0 Å². The molecule has 2 saturated carbocycles. The highest BCUT2D eigenvalue weighted by Gasteiger charge is 2.59. The van der Waals surface area contributed by atoms with Crippen molar-refractivity contribution >= 4 is 5.91 Å². The fourth-order valence-electron chi connectivity index (χ4n) is 3.99. The molecule has 2 aromatic rings. The lowest BCUT2D eigenvalue weighted by Gasteiger charge is -2.61. The molecule has 24 heavy (non-hydrogen) atoms. The Morgan fingerprint density at radius 2 is 2.17 bits per heavy atom. The first-order valence-electron chi connectivity index (χ1n) is 8.60. The van der Waals surface area contributed by atoms with Gasteiger partial charge < -0.3 is 10.1 Å². The van der Waals surface area contributed by atoms with Gasteiger partial charge in [0.2, 0.25) is 0 Å². The van der Waals surface area contributed by atoms with Crippen LogP contribution in [0.4, 0.5) is 0 Å². The second kappa shape index (κ2) is 6.02. The van der Waals surface area contributed by atoms with E-state index < -0.39 is 0 Å². The summed E-state index contributed by atoms with van der Waals surface area (Å²) in [7, 11) is 0. The van der Waals surface area contributed by atoms with E-state index in [2.05, 4.69) is 15.4 Å². The van der Waals surface area contributed by atoms with Gasteiger partial charge in [0, 0.05) is 23.6 Å². The van der Waals surface area contributed by atoms with Gasteiger partial charge in [-0.05, 0) is 50.5 Å². The average molecular weight is 326 g/mol. The third kappa shape index (κ3) is 2.41. The molecule has 1 aromatic carbocycles. The van der Waals surface area contributed by atoms with Crippen molar-refractivity contribution in [1.29, 1.82) is 0 Å². The fourth-order valence-corrected chi connectivity index (χ4v) is 3.99. The summed E-state index contributed by atoms with van der Waals surface area (Å²) >= 11 is 0. The molecule has 6 nitrogen and oxygen atoms in total. The van der Waals surface area contributed by atoms with E-state index in [0.29, 0.717) is 11.7 Å². The van der Waals surface area contributed by atoms with E-state index in [9.17, 15) is 4.79 Å². The molecule has 2 aliphatic carbocycles. The van der Waals surface area contributed by atoms with Crippen molar-refractivity contribution in [3.05, 3.63) is 42.5 Å². The summed E-state index contributed by atoms with van der Waals surface area (Å²) in [6.45, 7) is 2.78. The van der Waals surface area contributed by atoms with Crippen LogP contribution in [0.25, 0.3) is 5.69 Å². The van der Waals surface area contributed by atoms with E-state index in [1.54, 1.807) is 11.0 Å². The van der Waals surface area contributed by atoms with Gasteiger partial charge in [-0.3, -0.25) is 4.79 Å². The van der Waals surface area contributed by atoms with Crippen LogP contribution in [0, 0.1) is 5.41 Å². The normalized spacial score (nSPS) is 24.2. The van der Waals surface area contributed by atoms with Gasteiger partial charge in [0.1, 0.15) is 12.7 Å². The Labute approximate surface area is 141 Å². The van der Waals surface area contributed by atoms with Gasteiger partial charge in [0.25, 0.3) is 5.91 Å². The average Bonchev–Trinajstić information content (AvgIpc) is 3.06. The summed E-state index contributed by atoms with van der Waals surface area (Å²) in [5.41, 5.74) is 1.75. The second-order valence-electron chi connectivity index (χ2n) is 6.68. The minimum absolute atomic E-state index is 0.00800. The maximum atomic E-state index is 12.6. The van der Waals surface area contributed by atoms with Crippen molar-refractivity contribution in [3.8, 4) is 5.69 Å². The number of nitrogens with one attached hydrogen (secondary N) is 1. The number of ether oxygens (including phenoxy) is 1. The Balaban J connectivity index is 1.42. The first-order chi connectivity index (χ1) is 11.7. The predicted molar refractivity (Wildman–Crippen MR) is 88.9 cm³/mol. The lowest BCUT2D eigenvalue weighted by atomic mass is 9.51.